The number of hydrogen-bond donors (Lipinski definition) is 1. The SMILES string of the molecule is CN=C(NCCc1cnn(C)c1)N1CCN(c2ccc(F)cc2)CC1.I. The number of aliphatic imine (C=N–C) groups is 1. The second kappa shape index (κ2) is 9.75. The van der Waals surface area contributed by atoms with E-state index in [9.17, 15) is 4.39 Å². The Bertz CT molecular complexity index is 707. The van der Waals surface area contributed by atoms with Crippen LogP contribution in [0.5, 0.6) is 0 Å². The number of halogens is 2. The fourth-order valence-corrected chi connectivity index (χ4v) is 3.08. The second-order valence-corrected chi connectivity index (χ2v) is 6.20. The molecule has 0 unspecified atom stereocenters. The van der Waals surface area contributed by atoms with Crippen LogP contribution < -0.4 is 10.2 Å². The third-order valence-corrected chi connectivity index (χ3v) is 4.44. The Balaban J connectivity index is 0.00000243. The first-order valence-electron chi connectivity index (χ1n) is 8.59. The van der Waals surface area contributed by atoms with Gasteiger partial charge in [0.25, 0.3) is 0 Å². The molecule has 1 N–H and O–H groups in total. The summed E-state index contributed by atoms with van der Waals surface area (Å²) in [6.45, 7) is 4.41. The Morgan fingerprint density at radius 3 is 2.46 bits per heavy atom. The quantitative estimate of drug-likeness (QED) is 0.421. The van der Waals surface area contributed by atoms with Gasteiger partial charge >= 0.3 is 0 Å². The number of piperazine rings is 1. The lowest BCUT2D eigenvalue weighted by atomic mass is 10.2. The predicted molar refractivity (Wildman–Crippen MR) is 114 cm³/mol. The topological polar surface area (TPSA) is 48.7 Å². The molecule has 0 amide bonds. The van der Waals surface area contributed by atoms with Crippen LogP contribution in [0, 0.1) is 5.82 Å². The van der Waals surface area contributed by atoms with E-state index in [1.54, 1.807) is 0 Å². The van der Waals surface area contributed by atoms with Gasteiger partial charge in [-0.3, -0.25) is 9.67 Å². The summed E-state index contributed by atoms with van der Waals surface area (Å²) < 4.78 is 14.9. The van der Waals surface area contributed by atoms with Crippen LogP contribution in [0.1, 0.15) is 5.56 Å². The number of rotatable bonds is 4. The number of hydrogen-bond acceptors (Lipinski definition) is 3. The molecule has 6 nitrogen and oxygen atoms in total. The first-order chi connectivity index (χ1) is 12.2. The molecule has 0 spiro atoms. The number of aryl methyl sites for hydroxylation is 1. The fourth-order valence-electron chi connectivity index (χ4n) is 3.08. The van der Waals surface area contributed by atoms with Crippen molar-refractivity contribution >= 4 is 35.6 Å². The highest BCUT2D eigenvalue weighted by Crippen LogP contribution is 2.16. The summed E-state index contributed by atoms with van der Waals surface area (Å²) in [6.07, 6.45) is 4.85. The van der Waals surface area contributed by atoms with Gasteiger partial charge in [0.2, 0.25) is 0 Å². The Hall–Kier alpha value is -1.84. The van der Waals surface area contributed by atoms with E-state index >= 15 is 0 Å². The maximum atomic E-state index is 13.1. The highest BCUT2D eigenvalue weighted by Gasteiger charge is 2.19. The third kappa shape index (κ3) is 5.33. The maximum absolute atomic E-state index is 13.1. The largest absolute Gasteiger partial charge is 0.368 e. The second-order valence-electron chi connectivity index (χ2n) is 6.20. The van der Waals surface area contributed by atoms with E-state index in [1.165, 1.54) is 17.7 Å². The monoisotopic (exact) mass is 472 g/mol. The van der Waals surface area contributed by atoms with Gasteiger partial charge in [0.1, 0.15) is 5.82 Å². The van der Waals surface area contributed by atoms with E-state index in [1.807, 2.05) is 43.3 Å². The lowest BCUT2D eigenvalue weighted by molar-refractivity contribution is 0.373. The Kier molecular flexibility index (Phi) is 7.67. The zero-order valence-electron chi connectivity index (χ0n) is 15.2. The van der Waals surface area contributed by atoms with Crippen molar-refractivity contribution in [3.8, 4) is 0 Å². The molecular formula is C18H26FIN6. The standard InChI is InChI=1S/C18H25FN6.HI/c1-20-18(21-8-7-15-13-22-23(2)14-15)25-11-9-24(10-12-25)17-5-3-16(19)4-6-17;/h3-6,13-14H,7-12H2,1-2H3,(H,20,21);1H. The maximum Gasteiger partial charge on any atom is 0.193 e. The molecule has 2 heterocycles. The minimum absolute atomic E-state index is 0. The van der Waals surface area contributed by atoms with Gasteiger partial charge in [0, 0.05) is 58.7 Å². The molecule has 0 atom stereocenters. The Morgan fingerprint density at radius 1 is 1.19 bits per heavy atom. The van der Waals surface area contributed by atoms with E-state index in [4.69, 9.17) is 0 Å². The van der Waals surface area contributed by atoms with E-state index in [0.717, 1.165) is 50.8 Å². The molecule has 26 heavy (non-hydrogen) atoms. The van der Waals surface area contributed by atoms with Crippen LogP contribution in [-0.4, -0.2) is 60.4 Å². The van der Waals surface area contributed by atoms with E-state index in [-0.39, 0.29) is 29.8 Å². The van der Waals surface area contributed by atoms with Crippen LogP contribution in [-0.2, 0) is 13.5 Å². The molecule has 0 radical (unpaired) electrons. The molecule has 142 valence electrons. The van der Waals surface area contributed by atoms with Crippen molar-refractivity contribution in [1.82, 2.24) is 20.0 Å². The normalized spacial score (nSPS) is 15.0. The van der Waals surface area contributed by atoms with Gasteiger partial charge in [-0.2, -0.15) is 5.10 Å². The van der Waals surface area contributed by atoms with Crippen LogP contribution in [0.15, 0.2) is 41.7 Å². The molecular weight excluding hydrogens is 446 g/mol. The summed E-state index contributed by atoms with van der Waals surface area (Å²) in [5, 5.41) is 7.62. The van der Waals surface area contributed by atoms with Crippen LogP contribution in [0.25, 0.3) is 0 Å². The smallest absolute Gasteiger partial charge is 0.193 e. The number of benzene rings is 1. The molecule has 0 bridgehead atoms. The molecule has 3 rings (SSSR count). The van der Waals surface area contributed by atoms with Crippen LogP contribution in [0.2, 0.25) is 0 Å². The first-order valence-corrected chi connectivity index (χ1v) is 8.59. The molecule has 1 fully saturated rings. The molecule has 1 aromatic heterocycles. The Morgan fingerprint density at radius 2 is 1.88 bits per heavy atom. The summed E-state index contributed by atoms with van der Waals surface area (Å²) >= 11 is 0. The van der Waals surface area contributed by atoms with E-state index in [0.29, 0.717) is 0 Å². The van der Waals surface area contributed by atoms with Crippen LogP contribution in [0.3, 0.4) is 0 Å². The van der Waals surface area contributed by atoms with Crippen molar-refractivity contribution in [2.24, 2.45) is 12.0 Å². The molecule has 8 heteroatoms. The highest BCUT2D eigenvalue weighted by atomic mass is 127. The van der Waals surface area contributed by atoms with Crippen LogP contribution >= 0.6 is 24.0 Å². The van der Waals surface area contributed by atoms with E-state index < -0.39 is 0 Å². The lowest BCUT2D eigenvalue weighted by Crippen LogP contribution is -2.52. The third-order valence-electron chi connectivity index (χ3n) is 4.44. The predicted octanol–water partition coefficient (Wildman–Crippen LogP) is 2.12. The molecule has 1 aromatic carbocycles. The Labute approximate surface area is 171 Å². The minimum Gasteiger partial charge on any atom is -0.368 e. The summed E-state index contributed by atoms with van der Waals surface area (Å²) in [4.78, 5) is 8.94. The molecule has 1 saturated heterocycles. The van der Waals surface area contributed by atoms with Crippen molar-refractivity contribution in [2.75, 3.05) is 44.7 Å². The zero-order valence-corrected chi connectivity index (χ0v) is 17.6. The van der Waals surface area contributed by atoms with Gasteiger partial charge in [0.05, 0.1) is 6.20 Å². The van der Waals surface area contributed by atoms with Gasteiger partial charge in [-0.25, -0.2) is 4.39 Å². The first kappa shape index (κ1) is 20.5. The average molecular weight is 472 g/mol. The molecule has 1 aliphatic rings. The molecule has 2 aromatic rings. The van der Waals surface area contributed by atoms with Gasteiger partial charge in [-0.1, -0.05) is 0 Å². The van der Waals surface area contributed by atoms with Gasteiger partial charge in [-0.05, 0) is 36.2 Å². The average Bonchev–Trinajstić information content (AvgIpc) is 3.05. The van der Waals surface area contributed by atoms with Crippen molar-refractivity contribution in [1.29, 1.82) is 0 Å². The number of nitrogens with one attached hydrogen (secondary N) is 1. The summed E-state index contributed by atoms with van der Waals surface area (Å²) in [5.74, 6) is 0.739. The number of nitrogens with zero attached hydrogens (tertiary/aromatic N) is 5. The lowest BCUT2D eigenvalue weighted by Gasteiger charge is -2.37. The van der Waals surface area contributed by atoms with Gasteiger partial charge in [0.15, 0.2) is 5.96 Å². The van der Waals surface area contributed by atoms with Crippen molar-refractivity contribution in [3.63, 3.8) is 0 Å². The molecule has 1 aliphatic heterocycles. The summed E-state index contributed by atoms with van der Waals surface area (Å²) in [7, 11) is 3.75. The van der Waals surface area contributed by atoms with Gasteiger partial charge < -0.3 is 15.1 Å². The summed E-state index contributed by atoms with van der Waals surface area (Å²) in [5.41, 5.74) is 2.28. The molecule has 0 saturated carbocycles. The van der Waals surface area contributed by atoms with E-state index in [2.05, 4.69) is 25.2 Å². The van der Waals surface area contributed by atoms with Crippen molar-refractivity contribution in [3.05, 3.63) is 48.0 Å². The molecule has 0 aliphatic carbocycles. The van der Waals surface area contributed by atoms with Crippen LogP contribution in [0.4, 0.5) is 10.1 Å². The minimum atomic E-state index is -0.194. The van der Waals surface area contributed by atoms with Crippen molar-refractivity contribution < 1.29 is 4.39 Å². The van der Waals surface area contributed by atoms with Crippen molar-refractivity contribution in [2.45, 2.75) is 6.42 Å². The highest BCUT2D eigenvalue weighted by molar-refractivity contribution is 14.0. The zero-order chi connectivity index (χ0) is 17.6. The summed E-state index contributed by atoms with van der Waals surface area (Å²) in [6, 6.07) is 6.71. The number of guanidine groups is 1. The van der Waals surface area contributed by atoms with Gasteiger partial charge in [-0.15, -0.1) is 24.0 Å². The number of anilines is 1. The fraction of sp³-hybridized carbons (Fsp3) is 0.444. The number of aromatic nitrogens is 2.